The normalized spacial score (nSPS) is 15.6. The number of hydrogen-bond acceptors (Lipinski definition) is 6. The smallest absolute Gasteiger partial charge is 0.110 e. The van der Waals surface area contributed by atoms with E-state index in [1.165, 1.54) is 0 Å². The molecule has 1 aromatic carbocycles. The van der Waals surface area contributed by atoms with Gasteiger partial charge in [0.2, 0.25) is 0 Å². The predicted molar refractivity (Wildman–Crippen MR) is 79.1 cm³/mol. The Balaban J connectivity index is 2.64. The van der Waals surface area contributed by atoms with Gasteiger partial charge in [0.05, 0.1) is 12.7 Å². The van der Waals surface area contributed by atoms with Gasteiger partial charge >= 0.3 is 0 Å². The first-order valence-corrected chi connectivity index (χ1v) is 6.53. The molecule has 0 spiro atoms. The quantitative estimate of drug-likeness (QED) is 0.465. The number of benzene rings is 1. The van der Waals surface area contributed by atoms with Crippen LogP contribution in [0, 0.1) is 6.92 Å². The van der Waals surface area contributed by atoms with Crippen molar-refractivity contribution in [3.05, 3.63) is 23.8 Å². The van der Waals surface area contributed by atoms with Crippen molar-refractivity contribution in [2.75, 3.05) is 37.5 Å². The van der Waals surface area contributed by atoms with Crippen LogP contribution in [-0.2, 0) is 0 Å². The largest absolute Gasteiger partial charge is 0.394 e. The molecule has 20 heavy (non-hydrogen) atoms. The van der Waals surface area contributed by atoms with Crippen molar-refractivity contribution in [3.8, 4) is 0 Å². The first-order chi connectivity index (χ1) is 9.36. The van der Waals surface area contributed by atoms with Crippen molar-refractivity contribution >= 4 is 11.4 Å². The second kappa shape index (κ2) is 7.44. The summed E-state index contributed by atoms with van der Waals surface area (Å²) in [5, 5.41) is 40.2. The molecule has 0 saturated heterocycles. The summed E-state index contributed by atoms with van der Waals surface area (Å²) in [7, 11) is 3.89. The molecular weight excluding hydrogens is 260 g/mol. The first-order valence-electron chi connectivity index (χ1n) is 6.53. The van der Waals surface area contributed by atoms with E-state index in [-0.39, 0.29) is 6.54 Å². The van der Waals surface area contributed by atoms with Crippen LogP contribution >= 0.6 is 0 Å². The fourth-order valence-corrected chi connectivity index (χ4v) is 1.91. The summed E-state index contributed by atoms with van der Waals surface area (Å²) >= 11 is 0. The van der Waals surface area contributed by atoms with Crippen LogP contribution in [0.2, 0.25) is 0 Å². The van der Waals surface area contributed by atoms with E-state index in [1.54, 1.807) is 0 Å². The lowest BCUT2D eigenvalue weighted by atomic mass is 10.1. The molecule has 0 bridgehead atoms. The Bertz CT molecular complexity index is 426. The number of nitrogens with one attached hydrogen (secondary N) is 1. The van der Waals surface area contributed by atoms with E-state index < -0.39 is 24.9 Å². The second-order valence-electron chi connectivity index (χ2n) is 5.08. The number of anilines is 2. The van der Waals surface area contributed by atoms with Crippen molar-refractivity contribution in [1.82, 2.24) is 0 Å². The van der Waals surface area contributed by atoms with Gasteiger partial charge in [-0.15, -0.1) is 0 Å². The van der Waals surface area contributed by atoms with Crippen LogP contribution in [0.1, 0.15) is 5.56 Å². The Labute approximate surface area is 119 Å². The molecule has 0 fully saturated rings. The molecule has 114 valence electrons. The van der Waals surface area contributed by atoms with Gasteiger partial charge in [-0.3, -0.25) is 0 Å². The summed E-state index contributed by atoms with van der Waals surface area (Å²) in [5.74, 6) is 0. The van der Waals surface area contributed by atoms with Crippen molar-refractivity contribution in [1.29, 1.82) is 0 Å². The van der Waals surface area contributed by atoms with Gasteiger partial charge in [0.15, 0.2) is 0 Å². The maximum atomic E-state index is 9.72. The van der Waals surface area contributed by atoms with Crippen molar-refractivity contribution in [2.24, 2.45) is 0 Å². The molecule has 0 aliphatic carbocycles. The van der Waals surface area contributed by atoms with Crippen LogP contribution in [0.4, 0.5) is 11.4 Å². The Kier molecular flexibility index (Phi) is 6.22. The number of hydrogen-bond donors (Lipinski definition) is 5. The molecule has 0 unspecified atom stereocenters. The lowest BCUT2D eigenvalue weighted by molar-refractivity contribution is -0.0715. The molecule has 0 aliphatic heterocycles. The third-order valence-corrected chi connectivity index (χ3v) is 3.18. The highest BCUT2D eigenvalue weighted by molar-refractivity contribution is 5.61. The molecule has 6 heteroatoms. The van der Waals surface area contributed by atoms with Crippen LogP contribution in [0.3, 0.4) is 0 Å². The molecule has 3 atom stereocenters. The minimum Gasteiger partial charge on any atom is -0.394 e. The lowest BCUT2D eigenvalue weighted by Crippen LogP contribution is -2.42. The van der Waals surface area contributed by atoms with Gasteiger partial charge in [-0.2, -0.15) is 0 Å². The van der Waals surface area contributed by atoms with Crippen LogP contribution in [0.25, 0.3) is 0 Å². The second-order valence-corrected chi connectivity index (χ2v) is 5.08. The monoisotopic (exact) mass is 284 g/mol. The van der Waals surface area contributed by atoms with Gasteiger partial charge in [-0.25, -0.2) is 0 Å². The highest BCUT2D eigenvalue weighted by Crippen LogP contribution is 2.22. The summed E-state index contributed by atoms with van der Waals surface area (Å²) < 4.78 is 0. The van der Waals surface area contributed by atoms with Crippen LogP contribution in [0.15, 0.2) is 18.2 Å². The SMILES string of the molecule is Cc1ccc(NC[C@H](O)[C@H](O)[C@H](O)CO)cc1N(C)C. The van der Waals surface area contributed by atoms with Gasteiger partial charge in [0.1, 0.15) is 12.2 Å². The van der Waals surface area contributed by atoms with Crippen molar-refractivity contribution < 1.29 is 20.4 Å². The fraction of sp³-hybridized carbons (Fsp3) is 0.571. The maximum absolute atomic E-state index is 9.72. The molecule has 5 N–H and O–H groups in total. The van der Waals surface area contributed by atoms with E-state index in [4.69, 9.17) is 5.11 Å². The van der Waals surface area contributed by atoms with Gasteiger partial charge in [0.25, 0.3) is 0 Å². The highest BCUT2D eigenvalue weighted by Gasteiger charge is 2.23. The summed E-state index contributed by atoms with van der Waals surface area (Å²) in [4.78, 5) is 1.99. The molecule has 0 heterocycles. The maximum Gasteiger partial charge on any atom is 0.110 e. The Hall–Kier alpha value is -1.34. The predicted octanol–water partition coefficient (Wildman–Crippen LogP) is -0.452. The molecule has 1 rings (SSSR count). The van der Waals surface area contributed by atoms with Crippen LogP contribution in [0.5, 0.6) is 0 Å². The molecule has 0 amide bonds. The molecule has 0 aromatic heterocycles. The zero-order chi connectivity index (χ0) is 15.3. The Morgan fingerprint density at radius 3 is 2.35 bits per heavy atom. The van der Waals surface area contributed by atoms with E-state index in [0.29, 0.717) is 0 Å². The first kappa shape index (κ1) is 16.7. The molecule has 0 saturated carbocycles. The third-order valence-electron chi connectivity index (χ3n) is 3.18. The van der Waals surface area contributed by atoms with Gasteiger partial charge in [-0.1, -0.05) is 6.07 Å². The van der Waals surface area contributed by atoms with Crippen molar-refractivity contribution in [3.63, 3.8) is 0 Å². The van der Waals surface area contributed by atoms with E-state index in [0.717, 1.165) is 16.9 Å². The van der Waals surface area contributed by atoms with E-state index in [9.17, 15) is 15.3 Å². The van der Waals surface area contributed by atoms with Crippen LogP contribution in [-0.4, -0.2) is 66.0 Å². The van der Waals surface area contributed by atoms with Crippen molar-refractivity contribution in [2.45, 2.75) is 25.2 Å². The summed E-state index contributed by atoms with van der Waals surface area (Å²) in [6.45, 7) is 1.50. The third kappa shape index (κ3) is 4.35. The molecule has 0 radical (unpaired) electrons. The summed E-state index contributed by atoms with van der Waals surface area (Å²) in [5.41, 5.74) is 3.00. The van der Waals surface area contributed by atoms with Gasteiger partial charge in [0, 0.05) is 32.0 Å². The molecule has 1 aromatic rings. The topological polar surface area (TPSA) is 96.2 Å². The van der Waals surface area contributed by atoms with Gasteiger partial charge in [-0.05, 0) is 24.6 Å². The number of aliphatic hydroxyl groups is 4. The zero-order valence-corrected chi connectivity index (χ0v) is 12.1. The van der Waals surface area contributed by atoms with Gasteiger partial charge < -0.3 is 30.6 Å². The Morgan fingerprint density at radius 2 is 1.80 bits per heavy atom. The number of rotatable bonds is 7. The van der Waals surface area contributed by atoms with Crippen LogP contribution < -0.4 is 10.2 Å². The fourth-order valence-electron chi connectivity index (χ4n) is 1.91. The average molecular weight is 284 g/mol. The molecule has 6 nitrogen and oxygen atoms in total. The average Bonchev–Trinajstić information content (AvgIpc) is 2.43. The Morgan fingerprint density at radius 1 is 1.15 bits per heavy atom. The highest BCUT2D eigenvalue weighted by atomic mass is 16.4. The van der Waals surface area contributed by atoms with E-state index in [1.807, 2.05) is 44.1 Å². The standard InChI is InChI=1S/C14H24N2O4/c1-9-4-5-10(6-11(9)16(2)3)15-7-12(18)14(20)13(19)8-17/h4-6,12-15,17-20H,7-8H2,1-3H3/t12-,13+,14-/m0/s1. The molecular formula is C14H24N2O4. The number of nitrogens with zero attached hydrogens (tertiary/aromatic N) is 1. The van der Waals surface area contributed by atoms with E-state index in [2.05, 4.69) is 5.32 Å². The zero-order valence-electron chi connectivity index (χ0n) is 12.1. The lowest BCUT2D eigenvalue weighted by Gasteiger charge is -2.23. The number of aliphatic hydroxyl groups excluding tert-OH is 4. The minimum atomic E-state index is -1.38. The minimum absolute atomic E-state index is 0.0775. The summed E-state index contributed by atoms with van der Waals surface area (Å²) in [6.07, 6.45) is -3.89. The summed E-state index contributed by atoms with van der Waals surface area (Å²) in [6, 6.07) is 5.78. The molecule has 0 aliphatic rings. The van der Waals surface area contributed by atoms with E-state index >= 15 is 0 Å². The number of aryl methyl sites for hydroxylation is 1.